The summed E-state index contributed by atoms with van der Waals surface area (Å²) >= 11 is 4.50. The maximum Gasteiger partial charge on any atom is 0.414 e. The Labute approximate surface area is 254 Å². The Hall–Kier alpha value is -5.17. The summed E-state index contributed by atoms with van der Waals surface area (Å²) in [6.45, 7) is -0.317. The molecule has 1 amide bonds. The molecule has 4 aromatic rings. The van der Waals surface area contributed by atoms with Crippen LogP contribution in [0.25, 0.3) is 0 Å². The van der Waals surface area contributed by atoms with E-state index in [4.69, 9.17) is 4.74 Å². The summed E-state index contributed by atoms with van der Waals surface area (Å²) in [5.41, 5.74) is 1.94. The number of nitrogens with one attached hydrogen (secondary N) is 4. The largest absolute Gasteiger partial charge is 0.442 e. The lowest BCUT2D eigenvalue weighted by Crippen LogP contribution is -2.36. The number of ether oxygens (including phenoxy) is 1. The predicted octanol–water partition coefficient (Wildman–Crippen LogP) is 7.06. The lowest BCUT2D eigenvalue weighted by atomic mass is 10.2. The van der Waals surface area contributed by atoms with Crippen molar-refractivity contribution in [1.29, 1.82) is 0 Å². The molecule has 0 saturated carbocycles. The van der Waals surface area contributed by atoms with Gasteiger partial charge in [-0.05, 0) is 60.7 Å². The van der Waals surface area contributed by atoms with Gasteiger partial charge in [-0.15, -0.1) is 0 Å². The molecule has 1 heterocycles. The van der Waals surface area contributed by atoms with Crippen LogP contribution in [0.3, 0.4) is 0 Å². The predicted molar refractivity (Wildman–Crippen MR) is 166 cm³/mol. The van der Waals surface area contributed by atoms with Crippen molar-refractivity contribution in [2.45, 2.75) is 12.5 Å². The molecule has 13 heteroatoms. The first-order valence-electron chi connectivity index (χ1n) is 13.3. The van der Waals surface area contributed by atoms with Crippen molar-refractivity contribution in [2.75, 3.05) is 33.9 Å². The van der Waals surface area contributed by atoms with Gasteiger partial charge in [-0.3, -0.25) is 9.69 Å². The average molecular weight is 624 g/mol. The van der Waals surface area contributed by atoms with Crippen LogP contribution in [0.15, 0.2) is 95.8 Å². The van der Waals surface area contributed by atoms with E-state index in [0.717, 1.165) is 28.4 Å². The van der Waals surface area contributed by atoms with E-state index < -0.39 is 40.9 Å². The van der Waals surface area contributed by atoms with Gasteiger partial charge < -0.3 is 26.0 Å². The summed E-state index contributed by atoms with van der Waals surface area (Å²) in [6, 6.07) is 24.5. The summed E-state index contributed by atoms with van der Waals surface area (Å²) in [5, 5.41) is 11.3. The first-order chi connectivity index (χ1) is 21.2. The van der Waals surface area contributed by atoms with Crippen LogP contribution in [0.2, 0.25) is 0 Å². The van der Waals surface area contributed by atoms with E-state index in [2.05, 4.69) is 33.5 Å². The third-order valence-corrected chi connectivity index (χ3v) is 6.84. The number of carbonyl (C=O) groups excluding carboxylic acids is 1. The molecule has 0 aromatic heterocycles. The number of thiocarbonyl (C=S) groups is 1. The number of nitrogens with zero attached hydrogens (tertiary/aromatic N) is 1. The lowest BCUT2D eigenvalue weighted by molar-refractivity contribution is 0.142. The Balaban J connectivity index is 1.25. The molecule has 44 heavy (non-hydrogen) atoms. The minimum Gasteiger partial charge on any atom is -0.442 e. The van der Waals surface area contributed by atoms with E-state index in [9.17, 15) is 18.4 Å². The highest BCUT2D eigenvalue weighted by molar-refractivity contribution is 7.80. The van der Waals surface area contributed by atoms with Crippen molar-refractivity contribution in [3.63, 3.8) is 0 Å². The zero-order valence-electron chi connectivity index (χ0n) is 22.8. The molecule has 1 saturated heterocycles. The second-order valence-corrected chi connectivity index (χ2v) is 10.1. The molecule has 4 N–H and O–H groups in total. The lowest BCUT2D eigenvalue weighted by Gasteiger charge is -2.16. The molecule has 0 bridgehead atoms. The van der Waals surface area contributed by atoms with E-state index in [-0.39, 0.29) is 35.6 Å². The van der Waals surface area contributed by atoms with Gasteiger partial charge in [-0.1, -0.05) is 30.4 Å². The van der Waals surface area contributed by atoms with Crippen LogP contribution in [0, 0.1) is 11.6 Å². The minimum atomic E-state index is -2.86. The van der Waals surface area contributed by atoms with Crippen LogP contribution in [0.4, 0.5) is 62.2 Å². The van der Waals surface area contributed by atoms with E-state index in [0.29, 0.717) is 5.69 Å². The summed E-state index contributed by atoms with van der Waals surface area (Å²) in [6.07, 6.45) is -4.61. The number of rotatable bonds is 10. The minimum absolute atomic E-state index is 0.119. The van der Waals surface area contributed by atoms with Crippen LogP contribution in [0.1, 0.15) is 0 Å². The molecule has 0 unspecified atom stereocenters. The zero-order chi connectivity index (χ0) is 31.2. The number of carbonyl (C=O) groups is 1. The van der Waals surface area contributed by atoms with Gasteiger partial charge in [0.25, 0.3) is 6.43 Å². The topological polar surface area (TPSA) is 94.7 Å². The Kier molecular flexibility index (Phi) is 9.24. The summed E-state index contributed by atoms with van der Waals surface area (Å²) in [7, 11) is 0. The normalized spacial score (nSPS) is 14.2. The fourth-order valence-corrected chi connectivity index (χ4v) is 4.43. The van der Waals surface area contributed by atoms with Gasteiger partial charge in [0.1, 0.15) is 16.8 Å². The number of alkyl halides is 2. The SMILES string of the molecule is O=C1O[C@@H](CNC(=S)C(F)F)CN1c1cc(F)c(Nc2ccc(Nc3ccc(Nc4ccccc4)cc3)c(=O)cc2)c(F)c1. The standard InChI is InChI=1S/C31H25F4N5O3S/c32-24-14-22(40-17-23(43-31(40)42)16-36-30(44)29(34)35)15-25(33)28(24)39-21-10-12-26(27(41)13-11-21)38-20-8-6-19(7-9-20)37-18-4-2-1-3-5-18/h1-15,23,29,37,39H,16-17H2,(H,36,44)(H,38,41)/t23-/m0/s1. The molecular weight excluding hydrogens is 598 g/mol. The molecule has 226 valence electrons. The van der Waals surface area contributed by atoms with Crippen LogP contribution in [0.5, 0.6) is 0 Å². The van der Waals surface area contributed by atoms with Gasteiger partial charge in [-0.2, -0.15) is 0 Å². The molecule has 0 radical (unpaired) electrons. The molecule has 1 atom stereocenters. The van der Waals surface area contributed by atoms with Crippen molar-refractivity contribution < 1.29 is 27.1 Å². The number of amides is 1. The van der Waals surface area contributed by atoms with Crippen LogP contribution < -0.4 is 31.6 Å². The van der Waals surface area contributed by atoms with Gasteiger partial charge in [0.15, 0.2) is 11.6 Å². The highest BCUT2D eigenvalue weighted by Crippen LogP contribution is 2.31. The molecule has 8 nitrogen and oxygen atoms in total. The smallest absolute Gasteiger partial charge is 0.414 e. The second-order valence-electron chi connectivity index (χ2n) is 9.66. The fraction of sp³-hybridized carbons (Fsp3) is 0.129. The molecule has 1 aliphatic heterocycles. The van der Waals surface area contributed by atoms with Crippen molar-refractivity contribution >= 4 is 63.1 Å². The molecule has 5 rings (SSSR count). The maximum absolute atomic E-state index is 15.1. The number of halogens is 4. The molecule has 1 fully saturated rings. The Bertz CT molecular complexity index is 1710. The van der Waals surface area contributed by atoms with Crippen molar-refractivity contribution in [2.24, 2.45) is 0 Å². The molecule has 4 aromatic carbocycles. The molecule has 0 spiro atoms. The first-order valence-corrected chi connectivity index (χ1v) is 13.7. The van der Waals surface area contributed by atoms with Gasteiger partial charge in [0.2, 0.25) is 5.43 Å². The van der Waals surface area contributed by atoms with Gasteiger partial charge in [0, 0.05) is 34.9 Å². The fourth-order valence-electron chi connectivity index (χ4n) is 4.34. The molecular formula is C31H25F4N5O3S. The number of para-hydroxylation sites is 1. The summed E-state index contributed by atoms with van der Waals surface area (Å²) < 4.78 is 60.4. The number of cyclic esters (lactones) is 1. The van der Waals surface area contributed by atoms with E-state index in [1.54, 1.807) is 12.1 Å². The average Bonchev–Trinajstić information content (AvgIpc) is 3.29. The number of hydrogen-bond donors (Lipinski definition) is 4. The van der Waals surface area contributed by atoms with E-state index in [1.165, 1.54) is 24.3 Å². The van der Waals surface area contributed by atoms with E-state index in [1.807, 2.05) is 42.5 Å². The van der Waals surface area contributed by atoms with Crippen molar-refractivity contribution in [3.8, 4) is 0 Å². The van der Waals surface area contributed by atoms with Crippen LogP contribution >= 0.6 is 12.2 Å². The number of hydrogen-bond acceptors (Lipinski definition) is 7. The van der Waals surface area contributed by atoms with Crippen LogP contribution in [-0.4, -0.2) is 36.7 Å². The van der Waals surface area contributed by atoms with Crippen molar-refractivity contribution in [3.05, 3.63) is 113 Å². The first kappa shape index (κ1) is 30.3. The quantitative estimate of drug-likeness (QED) is 0.110. The summed E-state index contributed by atoms with van der Waals surface area (Å²) in [5.74, 6) is -2.02. The van der Waals surface area contributed by atoms with Crippen LogP contribution in [-0.2, 0) is 4.74 Å². The van der Waals surface area contributed by atoms with Crippen molar-refractivity contribution in [1.82, 2.24) is 5.32 Å². The molecule has 1 aliphatic rings. The van der Waals surface area contributed by atoms with Gasteiger partial charge >= 0.3 is 6.09 Å². The van der Waals surface area contributed by atoms with E-state index >= 15 is 8.78 Å². The van der Waals surface area contributed by atoms with Gasteiger partial charge in [0.05, 0.1) is 24.5 Å². The maximum atomic E-state index is 15.1. The van der Waals surface area contributed by atoms with Gasteiger partial charge in [-0.25, -0.2) is 22.4 Å². The third-order valence-electron chi connectivity index (χ3n) is 6.52. The Morgan fingerprint density at radius 3 is 2.05 bits per heavy atom. The monoisotopic (exact) mass is 623 g/mol. The number of anilines is 7. The third kappa shape index (κ3) is 7.42. The zero-order valence-corrected chi connectivity index (χ0v) is 23.6. The Morgan fingerprint density at radius 2 is 1.39 bits per heavy atom. The Morgan fingerprint density at radius 1 is 0.818 bits per heavy atom. The molecule has 0 aliphatic carbocycles. The highest BCUT2D eigenvalue weighted by Gasteiger charge is 2.33. The second kappa shape index (κ2) is 13.4. The highest BCUT2D eigenvalue weighted by atomic mass is 32.1. The summed E-state index contributed by atoms with van der Waals surface area (Å²) in [4.78, 5) is 25.3. The number of benzene rings is 3.